The van der Waals surface area contributed by atoms with Gasteiger partial charge in [0.05, 0.1) is 12.2 Å². The number of benzene rings is 1. The summed E-state index contributed by atoms with van der Waals surface area (Å²) in [6.07, 6.45) is 2.48. The Morgan fingerprint density at radius 1 is 1.00 bits per heavy atom. The molecule has 2 aromatic rings. The van der Waals surface area contributed by atoms with Crippen LogP contribution in [0.3, 0.4) is 0 Å². The summed E-state index contributed by atoms with van der Waals surface area (Å²) in [7, 11) is 0. The molecule has 0 bridgehead atoms. The molecule has 5 rings (SSSR count). The van der Waals surface area contributed by atoms with Gasteiger partial charge < -0.3 is 15.5 Å². The molecule has 0 spiro atoms. The first-order chi connectivity index (χ1) is 18.7. The van der Waals surface area contributed by atoms with Gasteiger partial charge in [-0.15, -0.1) is 0 Å². The Morgan fingerprint density at radius 2 is 1.72 bits per heavy atom. The van der Waals surface area contributed by atoms with E-state index in [2.05, 4.69) is 15.6 Å². The van der Waals surface area contributed by atoms with E-state index < -0.39 is 41.5 Å². The predicted molar refractivity (Wildman–Crippen MR) is 137 cm³/mol. The van der Waals surface area contributed by atoms with Crippen LogP contribution in [0.4, 0.5) is 8.78 Å². The minimum absolute atomic E-state index is 0.0616. The number of Topliss-reactive ketones (excluding diaryl/α,β-unsaturated/α-hetero) is 1. The highest BCUT2D eigenvalue weighted by atomic mass is 19.3. The zero-order valence-corrected chi connectivity index (χ0v) is 21.5. The maximum absolute atomic E-state index is 13.7. The van der Waals surface area contributed by atoms with E-state index in [0.29, 0.717) is 12.1 Å². The van der Waals surface area contributed by atoms with E-state index in [0.717, 1.165) is 12.0 Å². The van der Waals surface area contributed by atoms with E-state index in [1.807, 2.05) is 6.07 Å². The van der Waals surface area contributed by atoms with Crippen LogP contribution in [0, 0.1) is 11.8 Å². The number of fused-ring (bicyclic) bond motifs is 1. The molecule has 2 heterocycles. The maximum atomic E-state index is 13.7. The average molecular weight is 539 g/mol. The molecule has 3 aliphatic rings. The van der Waals surface area contributed by atoms with Crippen LogP contribution in [-0.4, -0.2) is 57.4 Å². The van der Waals surface area contributed by atoms with E-state index in [-0.39, 0.29) is 56.5 Å². The zero-order valence-electron chi connectivity index (χ0n) is 21.5. The fraction of sp³-hybridized carbons (Fsp3) is 0.483. The fourth-order valence-electron chi connectivity index (χ4n) is 5.75. The van der Waals surface area contributed by atoms with Crippen LogP contribution < -0.4 is 10.6 Å². The third kappa shape index (κ3) is 6.32. The van der Waals surface area contributed by atoms with Gasteiger partial charge in [0, 0.05) is 37.4 Å². The van der Waals surface area contributed by atoms with Crippen LogP contribution in [0.15, 0.2) is 54.7 Å². The third-order valence-electron chi connectivity index (χ3n) is 8.02. The second-order valence-corrected chi connectivity index (χ2v) is 10.8. The second-order valence-electron chi connectivity index (χ2n) is 10.8. The summed E-state index contributed by atoms with van der Waals surface area (Å²) in [6, 6.07) is 12.3. The van der Waals surface area contributed by atoms with Crippen molar-refractivity contribution in [2.24, 2.45) is 11.8 Å². The summed E-state index contributed by atoms with van der Waals surface area (Å²) in [4.78, 5) is 58.6. The van der Waals surface area contributed by atoms with Gasteiger partial charge in [0.25, 0.3) is 5.91 Å². The largest absolute Gasteiger partial charge is 0.344 e. The molecular formula is C29H32F2N4O4. The zero-order chi connectivity index (χ0) is 27.6. The number of likely N-dealkylation sites (tertiary alicyclic amines) is 1. The summed E-state index contributed by atoms with van der Waals surface area (Å²) in [5, 5.41) is 5.32. The smallest absolute Gasteiger partial charge is 0.289 e. The minimum atomic E-state index is -2.75. The minimum Gasteiger partial charge on any atom is -0.344 e. The number of halogens is 2. The number of rotatable bonds is 9. The number of piperidine rings is 1. The van der Waals surface area contributed by atoms with Gasteiger partial charge in [0.2, 0.25) is 23.5 Å². The highest BCUT2D eigenvalue weighted by Gasteiger charge is 2.57. The first-order valence-corrected chi connectivity index (χ1v) is 13.5. The molecule has 3 amide bonds. The summed E-state index contributed by atoms with van der Waals surface area (Å²) in [6.45, 7) is 0.0616. The Balaban J connectivity index is 1.27. The van der Waals surface area contributed by atoms with Gasteiger partial charge in [-0.1, -0.05) is 36.4 Å². The first kappa shape index (κ1) is 26.9. The Hall–Kier alpha value is -3.69. The van der Waals surface area contributed by atoms with Gasteiger partial charge in [-0.3, -0.25) is 24.2 Å². The number of nitrogens with one attached hydrogen (secondary N) is 2. The number of alkyl halides is 2. The number of nitrogens with zero attached hydrogens (tertiary/aromatic N) is 2. The van der Waals surface area contributed by atoms with E-state index >= 15 is 0 Å². The number of ketones is 1. The number of carbonyl (C=O) groups excluding carboxylic acids is 4. The molecule has 2 saturated carbocycles. The van der Waals surface area contributed by atoms with Gasteiger partial charge >= 0.3 is 0 Å². The molecule has 4 atom stereocenters. The van der Waals surface area contributed by atoms with Crippen molar-refractivity contribution in [3.05, 3.63) is 66.0 Å². The van der Waals surface area contributed by atoms with E-state index in [4.69, 9.17) is 0 Å². The molecular weight excluding hydrogens is 506 g/mol. The molecule has 1 aromatic heterocycles. The number of hydrogen-bond donors (Lipinski definition) is 2. The Morgan fingerprint density at radius 3 is 2.41 bits per heavy atom. The van der Waals surface area contributed by atoms with Crippen molar-refractivity contribution in [3.63, 3.8) is 0 Å². The van der Waals surface area contributed by atoms with Gasteiger partial charge in [-0.2, -0.15) is 0 Å². The molecule has 39 heavy (non-hydrogen) atoms. The third-order valence-corrected chi connectivity index (χ3v) is 8.02. The molecule has 0 unspecified atom stereocenters. The lowest BCUT2D eigenvalue weighted by Crippen LogP contribution is -2.55. The molecule has 2 N–H and O–H groups in total. The standard InChI is InChI=1S/C29H32F2N4O4/c30-29(31)11-9-19(10-12-29)28(39)35-23-15-20(23)16-24(35)26(37)34-22(14-18-6-2-1-3-7-18)25(36)27(38)33-17-21-8-4-5-13-32-21/h1-8,13,19-20,22-24H,9-12,14-17H2,(H,33,38)(H,34,37)/t20-,22-,23-,24+/m1/s1. The summed E-state index contributed by atoms with van der Waals surface area (Å²) in [5.41, 5.74) is 1.35. The number of carbonyl (C=O) groups is 4. The molecule has 1 saturated heterocycles. The number of hydrogen-bond acceptors (Lipinski definition) is 5. The Kier molecular flexibility index (Phi) is 7.72. The number of amides is 3. The van der Waals surface area contributed by atoms with Crippen LogP contribution in [0.2, 0.25) is 0 Å². The van der Waals surface area contributed by atoms with Crippen LogP contribution in [0.5, 0.6) is 0 Å². The Bertz CT molecular complexity index is 1220. The lowest BCUT2D eigenvalue weighted by atomic mass is 9.85. The predicted octanol–water partition coefficient (Wildman–Crippen LogP) is 2.81. The second kappa shape index (κ2) is 11.2. The quantitative estimate of drug-likeness (QED) is 0.478. The molecule has 8 nitrogen and oxygen atoms in total. The summed E-state index contributed by atoms with van der Waals surface area (Å²) in [5.74, 6) is -5.47. The van der Waals surface area contributed by atoms with Crippen molar-refractivity contribution in [2.75, 3.05) is 0 Å². The highest BCUT2D eigenvalue weighted by Crippen LogP contribution is 2.49. The van der Waals surface area contributed by atoms with Crippen molar-refractivity contribution < 1.29 is 28.0 Å². The van der Waals surface area contributed by atoms with Gasteiger partial charge in [-0.05, 0) is 49.3 Å². The molecule has 206 valence electrons. The van der Waals surface area contributed by atoms with Crippen LogP contribution in [-0.2, 0) is 32.1 Å². The molecule has 10 heteroatoms. The number of aromatic nitrogens is 1. The lowest BCUT2D eigenvalue weighted by molar-refractivity contribution is -0.147. The lowest BCUT2D eigenvalue weighted by Gasteiger charge is -2.34. The normalized spacial score (nSPS) is 24.4. The first-order valence-electron chi connectivity index (χ1n) is 13.5. The SMILES string of the molecule is O=C(NCc1ccccn1)C(=O)[C@@H](Cc1ccccc1)NC(=O)[C@@H]1C[C@H]2C[C@H]2N1C(=O)C1CCC(F)(F)CC1. The molecule has 2 aliphatic carbocycles. The monoisotopic (exact) mass is 538 g/mol. The maximum Gasteiger partial charge on any atom is 0.289 e. The van der Waals surface area contributed by atoms with Crippen molar-refractivity contribution in [1.82, 2.24) is 20.5 Å². The van der Waals surface area contributed by atoms with E-state index in [9.17, 15) is 28.0 Å². The van der Waals surface area contributed by atoms with E-state index in [1.165, 1.54) is 0 Å². The molecule has 1 aromatic carbocycles. The number of pyridine rings is 1. The van der Waals surface area contributed by atoms with Gasteiger partial charge in [-0.25, -0.2) is 8.78 Å². The van der Waals surface area contributed by atoms with Gasteiger partial charge in [0.15, 0.2) is 0 Å². The van der Waals surface area contributed by atoms with Crippen molar-refractivity contribution in [2.45, 2.75) is 75.5 Å². The van der Waals surface area contributed by atoms with Gasteiger partial charge in [0.1, 0.15) is 12.1 Å². The summed E-state index contributed by atoms with van der Waals surface area (Å²) < 4.78 is 27.3. The van der Waals surface area contributed by atoms with Crippen molar-refractivity contribution >= 4 is 23.5 Å². The molecule has 0 radical (unpaired) electrons. The Labute approximate surface area is 225 Å². The topological polar surface area (TPSA) is 108 Å². The average Bonchev–Trinajstić information content (AvgIpc) is 3.60. The molecule has 1 aliphatic heterocycles. The van der Waals surface area contributed by atoms with Crippen molar-refractivity contribution in [1.29, 1.82) is 0 Å². The van der Waals surface area contributed by atoms with Crippen LogP contribution >= 0.6 is 0 Å². The van der Waals surface area contributed by atoms with Crippen LogP contribution in [0.1, 0.15) is 49.8 Å². The molecule has 3 fully saturated rings. The summed E-state index contributed by atoms with van der Waals surface area (Å²) >= 11 is 0. The van der Waals surface area contributed by atoms with Crippen molar-refractivity contribution in [3.8, 4) is 0 Å². The highest BCUT2D eigenvalue weighted by molar-refractivity contribution is 6.38. The van der Waals surface area contributed by atoms with Crippen LogP contribution in [0.25, 0.3) is 0 Å². The fourth-order valence-corrected chi connectivity index (χ4v) is 5.75. The van der Waals surface area contributed by atoms with E-state index in [1.54, 1.807) is 53.6 Å².